The predicted octanol–water partition coefficient (Wildman–Crippen LogP) is 3.09. The van der Waals surface area contributed by atoms with Gasteiger partial charge in [-0.1, -0.05) is 19.8 Å². The molecule has 1 aromatic rings. The predicted molar refractivity (Wildman–Crippen MR) is 79.8 cm³/mol. The highest BCUT2D eigenvalue weighted by Gasteiger charge is 2.35. The highest BCUT2D eigenvalue weighted by Crippen LogP contribution is 2.35. The van der Waals surface area contributed by atoms with Gasteiger partial charge in [0.25, 0.3) is 0 Å². The van der Waals surface area contributed by atoms with Crippen LogP contribution in [0.2, 0.25) is 0 Å². The van der Waals surface area contributed by atoms with Gasteiger partial charge in [0.1, 0.15) is 0 Å². The van der Waals surface area contributed by atoms with Crippen molar-refractivity contribution in [2.24, 2.45) is 5.92 Å². The van der Waals surface area contributed by atoms with Crippen LogP contribution in [0, 0.1) is 5.92 Å². The largest absolute Gasteiger partial charge is 0.481 e. The molecular formula is C14H22ClN3O2. The van der Waals surface area contributed by atoms with E-state index in [0.29, 0.717) is 29.5 Å². The first kappa shape index (κ1) is 15.2. The summed E-state index contributed by atoms with van der Waals surface area (Å²) < 4.78 is 10.3. The monoisotopic (exact) mass is 299 g/mol. The fraction of sp³-hybridized carbons (Fsp3) is 0.714. The summed E-state index contributed by atoms with van der Waals surface area (Å²) >= 11 is 6.22. The molecule has 1 fully saturated rings. The summed E-state index contributed by atoms with van der Waals surface area (Å²) in [6.45, 7) is 2.26. The molecule has 1 saturated carbocycles. The Kier molecular flexibility index (Phi) is 4.91. The van der Waals surface area contributed by atoms with Crippen LogP contribution in [0.5, 0.6) is 11.8 Å². The Hall–Kier alpha value is -1.23. The summed E-state index contributed by atoms with van der Waals surface area (Å²) in [5.74, 6) is 2.67. The van der Waals surface area contributed by atoms with E-state index in [1.807, 2.05) is 0 Å². The molecular weight excluding hydrogens is 278 g/mol. The quantitative estimate of drug-likeness (QED) is 0.847. The summed E-state index contributed by atoms with van der Waals surface area (Å²) in [6, 6.07) is 1.65. The van der Waals surface area contributed by atoms with Crippen LogP contribution in [0.25, 0.3) is 0 Å². The maximum absolute atomic E-state index is 6.22. The molecule has 1 N–H and O–H groups in total. The van der Waals surface area contributed by atoms with E-state index in [4.69, 9.17) is 21.1 Å². The molecule has 0 bridgehead atoms. The van der Waals surface area contributed by atoms with Crippen molar-refractivity contribution in [2.45, 2.75) is 38.1 Å². The van der Waals surface area contributed by atoms with Gasteiger partial charge in [-0.05, 0) is 18.8 Å². The molecule has 1 heterocycles. The van der Waals surface area contributed by atoms with Gasteiger partial charge in [-0.15, -0.1) is 11.6 Å². The summed E-state index contributed by atoms with van der Waals surface area (Å²) in [5, 5.41) is 3.41. The van der Waals surface area contributed by atoms with E-state index < -0.39 is 0 Å². The normalized spacial score (nSPS) is 26.1. The average molecular weight is 300 g/mol. The highest BCUT2D eigenvalue weighted by molar-refractivity contribution is 6.18. The lowest BCUT2D eigenvalue weighted by atomic mass is 9.77. The number of methoxy groups -OCH3 is 2. The van der Waals surface area contributed by atoms with E-state index in [0.717, 1.165) is 12.8 Å². The molecule has 0 aromatic carbocycles. The van der Waals surface area contributed by atoms with Gasteiger partial charge in [0.2, 0.25) is 17.7 Å². The van der Waals surface area contributed by atoms with Gasteiger partial charge >= 0.3 is 0 Å². The average Bonchev–Trinajstić information content (AvgIpc) is 2.46. The maximum Gasteiger partial charge on any atom is 0.229 e. The third-order valence-corrected chi connectivity index (χ3v) is 4.33. The topological polar surface area (TPSA) is 56.3 Å². The molecule has 2 unspecified atom stereocenters. The summed E-state index contributed by atoms with van der Waals surface area (Å²) in [7, 11) is 3.15. The van der Waals surface area contributed by atoms with E-state index in [1.54, 1.807) is 20.3 Å². The molecule has 2 atom stereocenters. The Morgan fingerprint density at radius 1 is 1.35 bits per heavy atom. The molecule has 6 heteroatoms. The summed E-state index contributed by atoms with van der Waals surface area (Å²) in [5.41, 5.74) is -0.142. The second-order valence-electron chi connectivity index (χ2n) is 5.52. The van der Waals surface area contributed by atoms with E-state index in [-0.39, 0.29) is 5.54 Å². The van der Waals surface area contributed by atoms with E-state index in [1.165, 1.54) is 12.8 Å². The zero-order chi connectivity index (χ0) is 14.6. The van der Waals surface area contributed by atoms with E-state index in [9.17, 15) is 0 Å². The van der Waals surface area contributed by atoms with Gasteiger partial charge in [-0.3, -0.25) is 0 Å². The molecule has 5 nitrogen and oxygen atoms in total. The van der Waals surface area contributed by atoms with E-state index in [2.05, 4.69) is 22.2 Å². The van der Waals surface area contributed by atoms with Crippen LogP contribution in [0.15, 0.2) is 6.07 Å². The summed E-state index contributed by atoms with van der Waals surface area (Å²) in [6.07, 6.45) is 4.48. The first-order chi connectivity index (χ1) is 9.60. The molecule has 0 spiro atoms. The van der Waals surface area contributed by atoms with Crippen LogP contribution in [0.3, 0.4) is 0 Å². The minimum absolute atomic E-state index is 0.142. The molecule has 1 aliphatic carbocycles. The third kappa shape index (κ3) is 3.45. The Morgan fingerprint density at radius 2 is 2.00 bits per heavy atom. The molecule has 0 saturated heterocycles. The molecule has 20 heavy (non-hydrogen) atoms. The van der Waals surface area contributed by atoms with Gasteiger partial charge in [0, 0.05) is 5.88 Å². The number of halogens is 1. The number of hydrogen-bond donors (Lipinski definition) is 1. The maximum atomic E-state index is 6.22. The van der Waals surface area contributed by atoms with Crippen molar-refractivity contribution in [1.29, 1.82) is 0 Å². The zero-order valence-corrected chi connectivity index (χ0v) is 13.0. The van der Waals surface area contributed by atoms with Crippen molar-refractivity contribution >= 4 is 17.5 Å². The summed E-state index contributed by atoms with van der Waals surface area (Å²) in [4.78, 5) is 8.66. The van der Waals surface area contributed by atoms with Crippen molar-refractivity contribution in [3.63, 3.8) is 0 Å². The molecule has 0 radical (unpaired) electrons. The minimum atomic E-state index is -0.142. The molecule has 1 aromatic heterocycles. The number of alkyl halides is 1. The smallest absolute Gasteiger partial charge is 0.229 e. The van der Waals surface area contributed by atoms with Gasteiger partial charge in [0.15, 0.2) is 0 Å². The minimum Gasteiger partial charge on any atom is -0.481 e. The molecule has 0 aliphatic heterocycles. The van der Waals surface area contributed by atoms with Gasteiger partial charge in [0.05, 0.1) is 25.8 Å². The molecule has 112 valence electrons. The van der Waals surface area contributed by atoms with Crippen molar-refractivity contribution in [1.82, 2.24) is 9.97 Å². The number of rotatable bonds is 5. The van der Waals surface area contributed by atoms with Crippen LogP contribution in [-0.2, 0) is 0 Å². The first-order valence-electron chi connectivity index (χ1n) is 6.92. The van der Waals surface area contributed by atoms with Crippen LogP contribution in [0.4, 0.5) is 5.95 Å². The SMILES string of the molecule is COc1cc(OC)nc(NC2(CCl)CCCC(C)C2)n1. The van der Waals surface area contributed by atoms with Crippen LogP contribution >= 0.6 is 11.6 Å². The second-order valence-corrected chi connectivity index (χ2v) is 5.78. The number of aromatic nitrogens is 2. The van der Waals surface area contributed by atoms with Gasteiger partial charge in [-0.25, -0.2) is 0 Å². The molecule has 0 amide bonds. The lowest BCUT2D eigenvalue weighted by Crippen LogP contribution is -2.44. The number of nitrogens with one attached hydrogen (secondary N) is 1. The van der Waals surface area contributed by atoms with Crippen molar-refractivity contribution in [3.05, 3.63) is 6.07 Å². The van der Waals surface area contributed by atoms with Gasteiger partial charge < -0.3 is 14.8 Å². The molecule has 2 rings (SSSR count). The number of hydrogen-bond acceptors (Lipinski definition) is 5. The second kappa shape index (κ2) is 6.48. The fourth-order valence-corrected chi connectivity index (χ4v) is 3.14. The van der Waals surface area contributed by atoms with Crippen LogP contribution < -0.4 is 14.8 Å². The zero-order valence-electron chi connectivity index (χ0n) is 12.3. The fourth-order valence-electron chi connectivity index (χ4n) is 2.83. The third-order valence-electron chi connectivity index (χ3n) is 3.82. The highest BCUT2D eigenvalue weighted by atomic mass is 35.5. The van der Waals surface area contributed by atoms with Gasteiger partial charge in [-0.2, -0.15) is 9.97 Å². The Bertz CT molecular complexity index is 436. The Balaban J connectivity index is 2.22. The van der Waals surface area contributed by atoms with Crippen molar-refractivity contribution in [3.8, 4) is 11.8 Å². The van der Waals surface area contributed by atoms with Crippen molar-refractivity contribution in [2.75, 3.05) is 25.4 Å². The number of anilines is 1. The van der Waals surface area contributed by atoms with E-state index >= 15 is 0 Å². The lowest BCUT2D eigenvalue weighted by Gasteiger charge is -2.39. The Morgan fingerprint density at radius 3 is 2.50 bits per heavy atom. The van der Waals surface area contributed by atoms with Crippen LogP contribution in [-0.4, -0.2) is 35.6 Å². The Labute approximate surface area is 125 Å². The first-order valence-corrected chi connectivity index (χ1v) is 7.45. The van der Waals surface area contributed by atoms with Crippen LogP contribution in [0.1, 0.15) is 32.6 Å². The standard InChI is InChI=1S/C14H22ClN3O2/c1-10-5-4-6-14(8-10,9-15)18-13-16-11(19-2)7-12(17-13)20-3/h7,10H,4-6,8-9H2,1-3H3,(H,16,17,18). The number of ether oxygens (including phenoxy) is 2. The molecule has 1 aliphatic rings. The lowest BCUT2D eigenvalue weighted by molar-refractivity contribution is 0.277. The number of nitrogens with zero attached hydrogens (tertiary/aromatic N) is 2. The van der Waals surface area contributed by atoms with Crippen molar-refractivity contribution < 1.29 is 9.47 Å².